The van der Waals surface area contributed by atoms with E-state index in [9.17, 15) is 0 Å². The maximum atomic E-state index is 4.35. The fourth-order valence-electron chi connectivity index (χ4n) is 1.43. The maximum absolute atomic E-state index is 4.35. The molecule has 0 aliphatic carbocycles. The number of aromatic nitrogens is 1. The van der Waals surface area contributed by atoms with Crippen molar-refractivity contribution in [3.8, 4) is 11.3 Å². The van der Waals surface area contributed by atoms with E-state index in [1.807, 2.05) is 44.6 Å². The Hall–Kier alpha value is -0.701. The van der Waals surface area contributed by atoms with Gasteiger partial charge in [0.25, 0.3) is 0 Å². The van der Waals surface area contributed by atoms with E-state index in [-0.39, 0.29) is 20.1 Å². The first-order chi connectivity index (χ1) is 7.66. The first-order valence-corrected chi connectivity index (χ1v) is 5.77. The van der Waals surface area contributed by atoms with Crippen LogP contribution in [0.5, 0.6) is 0 Å². The molecule has 91 valence electrons. The molecule has 0 unspecified atom stereocenters. The summed E-state index contributed by atoms with van der Waals surface area (Å²) in [4.78, 5) is 6.41. The molecule has 1 radical (unpaired) electrons. The molecule has 1 aromatic heterocycles. The van der Waals surface area contributed by atoms with Crippen LogP contribution in [0.25, 0.3) is 11.3 Å². The van der Waals surface area contributed by atoms with E-state index in [1.54, 1.807) is 0 Å². The van der Waals surface area contributed by atoms with Crippen molar-refractivity contribution >= 4 is 21.6 Å². The van der Waals surface area contributed by atoms with E-state index < -0.39 is 0 Å². The van der Waals surface area contributed by atoms with Gasteiger partial charge in [0.1, 0.15) is 0 Å². The largest absolute Gasteiger partial charge is 0.378 e. The summed E-state index contributed by atoms with van der Waals surface area (Å²) in [7, 11) is 4.04. The van der Waals surface area contributed by atoms with Gasteiger partial charge in [-0.15, -0.1) is 29.8 Å². The Kier molecular flexibility index (Phi) is 5.31. The van der Waals surface area contributed by atoms with E-state index in [0.29, 0.717) is 0 Å². The van der Waals surface area contributed by atoms with Crippen LogP contribution in [0, 0.1) is 6.07 Å². The second kappa shape index (κ2) is 6.29. The monoisotopic (exact) mass is 468 g/mol. The summed E-state index contributed by atoms with van der Waals surface area (Å²) in [5.41, 5.74) is 3.07. The van der Waals surface area contributed by atoms with Gasteiger partial charge >= 0.3 is 0 Å². The second-order valence-electron chi connectivity index (χ2n) is 3.71. The van der Waals surface area contributed by atoms with Gasteiger partial charge in [-0.25, -0.2) is 0 Å². The molecule has 17 heavy (non-hydrogen) atoms. The van der Waals surface area contributed by atoms with Crippen LogP contribution in [0.3, 0.4) is 0 Å². The predicted molar refractivity (Wildman–Crippen MR) is 70.5 cm³/mol. The number of nitrogens with zero attached hydrogens (tertiary/aromatic N) is 2. The average Bonchev–Trinajstić information content (AvgIpc) is 2.29. The molecular weight excluding hydrogens is 456 g/mol. The molecule has 0 saturated carbocycles. The van der Waals surface area contributed by atoms with Crippen LogP contribution in [-0.2, 0) is 20.1 Å². The van der Waals surface area contributed by atoms with E-state index in [2.05, 4.69) is 37.9 Å². The topological polar surface area (TPSA) is 16.1 Å². The van der Waals surface area contributed by atoms with Crippen molar-refractivity contribution in [1.82, 2.24) is 4.98 Å². The van der Waals surface area contributed by atoms with Crippen LogP contribution < -0.4 is 4.90 Å². The normalized spacial score (nSPS) is 9.59. The molecule has 0 fully saturated rings. The molecule has 2 rings (SSSR count). The molecule has 0 spiro atoms. The minimum atomic E-state index is 0. The predicted octanol–water partition coefficient (Wildman–Crippen LogP) is 3.37. The zero-order valence-corrected chi connectivity index (χ0v) is 13.6. The Morgan fingerprint density at radius 2 is 2.00 bits per heavy atom. The second-order valence-corrected chi connectivity index (χ2v) is 4.63. The summed E-state index contributed by atoms with van der Waals surface area (Å²) >= 11 is 3.45. The zero-order valence-electron chi connectivity index (χ0n) is 9.57. The van der Waals surface area contributed by atoms with Gasteiger partial charge in [-0.1, -0.05) is 26.5 Å². The molecule has 1 heterocycles. The number of pyridine rings is 1. The fraction of sp³-hybridized carbons (Fsp3) is 0.154. The van der Waals surface area contributed by atoms with Gasteiger partial charge in [-0.2, -0.15) is 0 Å². The third kappa shape index (κ3) is 3.63. The molecular formula is C13H12BrIrN2-. The van der Waals surface area contributed by atoms with E-state index >= 15 is 0 Å². The SMILES string of the molecule is CN(C)c1ccnc(-c2[c-]ccc(Br)c2)c1.[Ir]. The summed E-state index contributed by atoms with van der Waals surface area (Å²) in [5, 5.41) is 0. The van der Waals surface area contributed by atoms with Crippen molar-refractivity contribution in [2.75, 3.05) is 19.0 Å². The maximum Gasteiger partial charge on any atom is 0.0303 e. The smallest absolute Gasteiger partial charge is 0.0303 e. The van der Waals surface area contributed by atoms with Gasteiger partial charge < -0.3 is 9.88 Å². The van der Waals surface area contributed by atoms with Crippen molar-refractivity contribution in [2.45, 2.75) is 0 Å². The molecule has 4 heteroatoms. The fourth-order valence-corrected chi connectivity index (χ4v) is 1.79. The van der Waals surface area contributed by atoms with Crippen molar-refractivity contribution in [3.05, 3.63) is 47.1 Å². The molecule has 2 aromatic rings. The van der Waals surface area contributed by atoms with Crippen LogP contribution in [0.15, 0.2) is 41.0 Å². The van der Waals surface area contributed by atoms with E-state index in [4.69, 9.17) is 0 Å². The standard InChI is InChI=1S/C13H12BrN2.Ir/c1-16(2)12-6-7-15-13(9-12)10-4-3-5-11(14)8-10;/h3,5-9H,1-2H3;/q-1;. The molecule has 0 aliphatic heterocycles. The number of halogens is 1. The minimum Gasteiger partial charge on any atom is -0.378 e. The van der Waals surface area contributed by atoms with Crippen LogP contribution in [0.2, 0.25) is 0 Å². The Morgan fingerprint density at radius 3 is 2.65 bits per heavy atom. The average molecular weight is 468 g/mol. The Labute approximate surface area is 124 Å². The third-order valence-corrected chi connectivity index (χ3v) is 2.79. The van der Waals surface area contributed by atoms with Crippen LogP contribution in [0.4, 0.5) is 5.69 Å². The number of hydrogen-bond acceptors (Lipinski definition) is 2. The van der Waals surface area contributed by atoms with Crippen molar-refractivity contribution in [2.24, 2.45) is 0 Å². The summed E-state index contributed by atoms with van der Waals surface area (Å²) in [6.45, 7) is 0. The minimum absolute atomic E-state index is 0. The molecule has 0 saturated heterocycles. The zero-order chi connectivity index (χ0) is 11.5. The first kappa shape index (κ1) is 14.4. The van der Waals surface area contributed by atoms with Crippen LogP contribution in [-0.4, -0.2) is 19.1 Å². The van der Waals surface area contributed by atoms with E-state index in [0.717, 1.165) is 21.4 Å². The summed E-state index contributed by atoms with van der Waals surface area (Å²) in [6, 6.07) is 13.1. The van der Waals surface area contributed by atoms with Crippen molar-refractivity contribution < 1.29 is 20.1 Å². The Balaban J connectivity index is 0.00000144. The Morgan fingerprint density at radius 1 is 1.24 bits per heavy atom. The number of hydrogen-bond donors (Lipinski definition) is 0. The summed E-state index contributed by atoms with van der Waals surface area (Å²) in [6.07, 6.45) is 1.82. The van der Waals surface area contributed by atoms with Gasteiger partial charge in [0.15, 0.2) is 0 Å². The van der Waals surface area contributed by atoms with Gasteiger partial charge in [0.2, 0.25) is 0 Å². The summed E-state index contributed by atoms with van der Waals surface area (Å²) < 4.78 is 1.04. The van der Waals surface area contributed by atoms with Gasteiger partial charge in [-0.3, -0.25) is 0 Å². The quantitative estimate of drug-likeness (QED) is 0.629. The first-order valence-electron chi connectivity index (χ1n) is 4.98. The van der Waals surface area contributed by atoms with Gasteiger partial charge in [0.05, 0.1) is 0 Å². The third-order valence-electron chi connectivity index (χ3n) is 2.30. The van der Waals surface area contributed by atoms with Crippen LogP contribution in [0.1, 0.15) is 0 Å². The van der Waals surface area contributed by atoms with Crippen LogP contribution >= 0.6 is 15.9 Å². The van der Waals surface area contributed by atoms with Crippen molar-refractivity contribution in [1.29, 1.82) is 0 Å². The molecule has 0 amide bonds. The number of anilines is 1. The summed E-state index contributed by atoms with van der Waals surface area (Å²) in [5.74, 6) is 0. The van der Waals surface area contributed by atoms with Gasteiger partial charge in [0, 0.05) is 46.1 Å². The van der Waals surface area contributed by atoms with Crippen molar-refractivity contribution in [3.63, 3.8) is 0 Å². The van der Waals surface area contributed by atoms with E-state index in [1.165, 1.54) is 0 Å². The molecule has 0 bridgehead atoms. The Bertz CT molecular complexity index is 500. The molecule has 1 aromatic carbocycles. The molecule has 0 N–H and O–H groups in total. The van der Waals surface area contributed by atoms with Gasteiger partial charge in [-0.05, 0) is 11.8 Å². The molecule has 2 nitrogen and oxygen atoms in total. The number of rotatable bonds is 2. The molecule has 0 aliphatic rings. The molecule has 0 atom stereocenters. The number of benzene rings is 1.